The molecule has 23 heavy (non-hydrogen) atoms. The van der Waals surface area contributed by atoms with Gasteiger partial charge in [0.1, 0.15) is 0 Å². The molecule has 0 unspecified atom stereocenters. The van der Waals surface area contributed by atoms with Crippen LogP contribution < -0.4 is 5.32 Å². The normalized spacial score (nSPS) is 10.5. The lowest BCUT2D eigenvalue weighted by Gasteiger charge is -2.04. The summed E-state index contributed by atoms with van der Waals surface area (Å²) in [5.74, 6) is -0.186. The minimum Gasteiger partial charge on any atom is -0.322 e. The molecule has 1 N–H and O–H groups in total. The predicted octanol–water partition coefficient (Wildman–Crippen LogP) is 4.34. The van der Waals surface area contributed by atoms with Gasteiger partial charge in [-0.15, -0.1) is 0 Å². The van der Waals surface area contributed by atoms with Gasteiger partial charge in [-0.25, -0.2) is 4.68 Å². The van der Waals surface area contributed by atoms with Gasteiger partial charge in [0, 0.05) is 16.9 Å². The molecule has 0 spiro atoms. The van der Waals surface area contributed by atoms with Gasteiger partial charge in [0.05, 0.1) is 17.4 Å². The van der Waals surface area contributed by atoms with Gasteiger partial charge in [0.2, 0.25) is 0 Å². The first-order chi connectivity index (χ1) is 11.2. The van der Waals surface area contributed by atoms with Crippen molar-refractivity contribution in [2.24, 2.45) is 0 Å². The van der Waals surface area contributed by atoms with E-state index in [1.165, 1.54) is 5.56 Å². The Morgan fingerprint density at radius 3 is 2.48 bits per heavy atom. The summed E-state index contributed by atoms with van der Waals surface area (Å²) >= 11 is 5.87. The van der Waals surface area contributed by atoms with Crippen LogP contribution in [0.25, 0.3) is 5.69 Å². The molecule has 1 amide bonds. The zero-order valence-electron chi connectivity index (χ0n) is 12.7. The summed E-state index contributed by atoms with van der Waals surface area (Å²) in [6.45, 7) is 2.10. The zero-order chi connectivity index (χ0) is 16.2. The standard InChI is InChI=1S/C18H16ClN3O/c1-2-13-3-7-16(8-4-13)21-18(23)14-11-20-22(12-14)17-9-5-15(19)6-10-17/h3-12H,2H2,1H3,(H,21,23). The minimum absolute atomic E-state index is 0.186. The number of aromatic nitrogens is 2. The summed E-state index contributed by atoms with van der Waals surface area (Å²) in [5, 5.41) is 7.75. The van der Waals surface area contributed by atoms with E-state index >= 15 is 0 Å². The van der Waals surface area contributed by atoms with Gasteiger partial charge < -0.3 is 5.32 Å². The van der Waals surface area contributed by atoms with Crippen molar-refractivity contribution in [3.63, 3.8) is 0 Å². The Labute approximate surface area is 139 Å². The topological polar surface area (TPSA) is 46.9 Å². The second-order valence-corrected chi connectivity index (χ2v) is 5.59. The molecular weight excluding hydrogens is 310 g/mol. The first kappa shape index (κ1) is 15.3. The highest BCUT2D eigenvalue weighted by atomic mass is 35.5. The molecule has 0 fully saturated rings. The van der Waals surface area contributed by atoms with Crippen LogP contribution >= 0.6 is 11.6 Å². The minimum atomic E-state index is -0.186. The maximum absolute atomic E-state index is 12.3. The molecule has 0 atom stereocenters. The second kappa shape index (κ2) is 6.67. The molecule has 0 bridgehead atoms. The SMILES string of the molecule is CCc1ccc(NC(=O)c2cnn(-c3ccc(Cl)cc3)c2)cc1. The van der Waals surface area contributed by atoms with Crippen molar-refractivity contribution >= 4 is 23.2 Å². The Morgan fingerprint density at radius 2 is 1.83 bits per heavy atom. The molecule has 3 rings (SSSR count). The fourth-order valence-electron chi connectivity index (χ4n) is 2.20. The summed E-state index contributed by atoms with van der Waals surface area (Å²) in [7, 11) is 0. The van der Waals surface area contributed by atoms with Crippen molar-refractivity contribution in [2.45, 2.75) is 13.3 Å². The zero-order valence-corrected chi connectivity index (χ0v) is 13.4. The van der Waals surface area contributed by atoms with E-state index in [2.05, 4.69) is 17.3 Å². The summed E-state index contributed by atoms with van der Waals surface area (Å²) < 4.78 is 1.64. The number of nitrogens with zero attached hydrogens (tertiary/aromatic N) is 2. The Hall–Kier alpha value is -2.59. The number of hydrogen-bond donors (Lipinski definition) is 1. The maximum atomic E-state index is 12.3. The van der Waals surface area contributed by atoms with Crippen molar-refractivity contribution in [3.05, 3.63) is 77.1 Å². The number of carbonyl (C=O) groups excluding carboxylic acids is 1. The van der Waals surface area contributed by atoms with Crippen LogP contribution in [0.5, 0.6) is 0 Å². The lowest BCUT2D eigenvalue weighted by molar-refractivity contribution is 0.102. The van der Waals surface area contributed by atoms with Gasteiger partial charge in [-0.05, 0) is 48.4 Å². The molecule has 0 saturated heterocycles. The van der Waals surface area contributed by atoms with Crippen LogP contribution in [0.15, 0.2) is 60.9 Å². The number of aryl methyl sites for hydroxylation is 1. The summed E-state index contributed by atoms with van der Waals surface area (Å²) in [6.07, 6.45) is 4.21. The molecule has 5 heteroatoms. The van der Waals surface area contributed by atoms with Gasteiger partial charge in [-0.3, -0.25) is 4.79 Å². The largest absolute Gasteiger partial charge is 0.322 e. The van der Waals surface area contributed by atoms with E-state index in [4.69, 9.17) is 11.6 Å². The van der Waals surface area contributed by atoms with Crippen molar-refractivity contribution in [3.8, 4) is 5.69 Å². The highest BCUT2D eigenvalue weighted by molar-refractivity contribution is 6.30. The summed E-state index contributed by atoms with van der Waals surface area (Å²) in [6, 6.07) is 15.1. The van der Waals surface area contributed by atoms with Gasteiger partial charge in [-0.1, -0.05) is 30.7 Å². The van der Waals surface area contributed by atoms with Crippen LogP contribution in [0.1, 0.15) is 22.8 Å². The average Bonchev–Trinajstić information content (AvgIpc) is 3.06. The third kappa shape index (κ3) is 3.60. The van der Waals surface area contributed by atoms with Gasteiger partial charge in [0.25, 0.3) is 5.91 Å². The molecule has 0 aliphatic rings. The molecular formula is C18H16ClN3O. The third-order valence-corrected chi connectivity index (χ3v) is 3.81. The smallest absolute Gasteiger partial charge is 0.258 e. The number of hydrogen-bond acceptors (Lipinski definition) is 2. The fourth-order valence-corrected chi connectivity index (χ4v) is 2.33. The number of carbonyl (C=O) groups is 1. The van der Waals surface area contributed by atoms with Crippen LogP contribution in [0.2, 0.25) is 5.02 Å². The van der Waals surface area contributed by atoms with Gasteiger partial charge in [0.15, 0.2) is 0 Å². The molecule has 3 aromatic rings. The van der Waals surface area contributed by atoms with Crippen LogP contribution in [0, 0.1) is 0 Å². The number of rotatable bonds is 4. The Bertz CT molecular complexity index is 807. The number of halogens is 1. The number of anilines is 1. The quantitative estimate of drug-likeness (QED) is 0.775. The Kier molecular flexibility index (Phi) is 4.44. The number of nitrogens with one attached hydrogen (secondary N) is 1. The van der Waals surface area contributed by atoms with Crippen LogP contribution in [0.4, 0.5) is 5.69 Å². The van der Waals surface area contributed by atoms with Gasteiger partial charge >= 0.3 is 0 Å². The highest BCUT2D eigenvalue weighted by Gasteiger charge is 2.10. The van der Waals surface area contributed by atoms with E-state index in [-0.39, 0.29) is 5.91 Å². The van der Waals surface area contributed by atoms with Crippen LogP contribution in [0.3, 0.4) is 0 Å². The van der Waals surface area contributed by atoms with E-state index in [9.17, 15) is 4.79 Å². The first-order valence-corrected chi connectivity index (χ1v) is 7.74. The first-order valence-electron chi connectivity index (χ1n) is 7.36. The van der Waals surface area contributed by atoms with E-state index in [1.807, 2.05) is 36.4 Å². The van der Waals surface area contributed by atoms with Crippen molar-refractivity contribution in [1.29, 1.82) is 0 Å². The van der Waals surface area contributed by atoms with E-state index in [0.717, 1.165) is 17.8 Å². The molecule has 1 heterocycles. The number of amides is 1. The highest BCUT2D eigenvalue weighted by Crippen LogP contribution is 2.15. The Balaban J connectivity index is 1.74. The Morgan fingerprint density at radius 1 is 1.13 bits per heavy atom. The van der Waals surface area contributed by atoms with Crippen LogP contribution in [-0.4, -0.2) is 15.7 Å². The van der Waals surface area contributed by atoms with Crippen molar-refractivity contribution in [1.82, 2.24) is 9.78 Å². The monoisotopic (exact) mass is 325 g/mol. The molecule has 0 aliphatic heterocycles. The molecule has 2 aromatic carbocycles. The predicted molar refractivity (Wildman–Crippen MR) is 92.3 cm³/mol. The lowest BCUT2D eigenvalue weighted by atomic mass is 10.1. The fraction of sp³-hybridized carbons (Fsp3) is 0.111. The summed E-state index contributed by atoms with van der Waals surface area (Å²) in [5.41, 5.74) is 3.35. The average molecular weight is 326 g/mol. The maximum Gasteiger partial charge on any atom is 0.258 e. The van der Waals surface area contributed by atoms with Crippen molar-refractivity contribution in [2.75, 3.05) is 5.32 Å². The van der Waals surface area contributed by atoms with E-state index in [1.54, 1.807) is 29.2 Å². The molecule has 0 saturated carbocycles. The van der Waals surface area contributed by atoms with E-state index < -0.39 is 0 Å². The van der Waals surface area contributed by atoms with Crippen LogP contribution in [-0.2, 0) is 6.42 Å². The molecule has 4 nitrogen and oxygen atoms in total. The molecule has 0 aliphatic carbocycles. The van der Waals surface area contributed by atoms with E-state index in [0.29, 0.717) is 10.6 Å². The third-order valence-electron chi connectivity index (χ3n) is 3.56. The summed E-state index contributed by atoms with van der Waals surface area (Å²) in [4.78, 5) is 12.3. The molecule has 0 radical (unpaired) electrons. The number of benzene rings is 2. The van der Waals surface area contributed by atoms with Crippen molar-refractivity contribution < 1.29 is 4.79 Å². The second-order valence-electron chi connectivity index (χ2n) is 5.15. The van der Waals surface area contributed by atoms with Gasteiger partial charge in [-0.2, -0.15) is 5.10 Å². The lowest BCUT2D eigenvalue weighted by Crippen LogP contribution is -2.11. The molecule has 1 aromatic heterocycles. The molecule has 116 valence electrons.